The molecule has 21 heavy (non-hydrogen) atoms. The van der Waals surface area contributed by atoms with Gasteiger partial charge in [-0.1, -0.05) is 6.07 Å². The zero-order chi connectivity index (χ0) is 15.2. The van der Waals surface area contributed by atoms with Crippen LogP contribution in [-0.4, -0.2) is 49.8 Å². The van der Waals surface area contributed by atoms with E-state index < -0.39 is 0 Å². The molecule has 2 N–H and O–H groups in total. The third-order valence-corrected chi connectivity index (χ3v) is 3.64. The van der Waals surface area contributed by atoms with E-state index in [0.29, 0.717) is 37.4 Å². The van der Waals surface area contributed by atoms with Crippen LogP contribution in [0.4, 0.5) is 0 Å². The molecule has 1 amide bonds. The van der Waals surface area contributed by atoms with Crippen molar-refractivity contribution in [1.82, 2.24) is 4.90 Å². The first-order chi connectivity index (χ1) is 10.1. The molecule has 1 aliphatic heterocycles. The standard InChI is InChI=1S/C15H19N3O3/c1-20-13-8-14(15(17)19)18(10-13)5-6-21-12-4-2-3-11(7-12)9-16/h2-4,7,13-14H,5-6,8,10H2,1H3,(H2,17,19)/t13-,14-/m0/s1. The van der Waals surface area contributed by atoms with Gasteiger partial charge in [0.25, 0.3) is 0 Å². The Morgan fingerprint density at radius 2 is 2.38 bits per heavy atom. The summed E-state index contributed by atoms with van der Waals surface area (Å²) < 4.78 is 10.9. The van der Waals surface area contributed by atoms with E-state index in [1.54, 1.807) is 31.4 Å². The van der Waals surface area contributed by atoms with Crippen LogP contribution in [0, 0.1) is 11.3 Å². The molecule has 112 valence electrons. The number of hydrogen-bond acceptors (Lipinski definition) is 5. The number of nitriles is 1. The summed E-state index contributed by atoms with van der Waals surface area (Å²) in [5, 5.41) is 8.83. The monoisotopic (exact) mass is 289 g/mol. The average molecular weight is 289 g/mol. The average Bonchev–Trinajstić information content (AvgIpc) is 2.91. The number of benzene rings is 1. The van der Waals surface area contributed by atoms with E-state index >= 15 is 0 Å². The van der Waals surface area contributed by atoms with Crippen molar-refractivity contribution in [2.45, 2.75) is 18.6 Å². The number of carbonyl (C=O) groups excluding carboxylic acids is 1. The largest absolute Gasteiger partial charge is 0.492 e. The Hall–Kier alpha value is -2.10. The summed E-state index contributed by atoms with van der Waals surface area (Å²) in [6.45, 7) is 1.69. The Labute approximate surface area is 124 Å². The molecule has 1 aromatic carbocycles. The van der Waals surface area contributed by atoms with Crippen molar-refractivity contribution in [2.24, 2.45) is 5.73 Å². The van der Waals surface area contributed by atoms with Gasteiger partial charge < -0.3 is 15.2 Å². The van der Waals surface area contributed by atoms with Gasteiger partial charge in [-0.2, -0.15) is 5.26 Å². The maximum atomic E-state index is 11.4. The second kappa shape index (κ2) is 7.07. The van der Waals surface area contributed by atoms with Gasteiger partial charge in [-0.3, -0.25) is 9.69 Å². The highest BCUT2D eigenvalue weighted by Crippen LogP contribution is 2.20. The lowest BCUT2D eigenvalue weighted by Crippen LogP contribution is -2.42. The van der Waals surface area contributed by atoms with Crippen LogP contribution >= 0.6 is 0 Å². The molecule has 0 bridgehead atoms. The van der Waals surface area contributed by atoms with E-state index in [4.69, 9.17) is 20.5 Å². The molecule has 0 radical (unpaired) electrons. The molecule has 1 fully saturated rings. The molecule has 0 unspecified atom stereocenters. The number of likely N-dealkylation sites (tertiary alicyclic amines) is 1. The summed E-state index contributed by atoms with van der Waals surface area (Å²) in [5.74, 6) is 0.313. The molecule has 0 spiro atoms. The first-order valence-corrected chi connectivity index (χ1v) is 6.83. The molecule has 0 saturated carbocycles. The Balaban J connectivity index is 1.87. The van der Waals surface area contributed by atoms with E-state index in [0.717, 1.165) is 0 Å². The number of rotatable bonds is 6. The lowest BCUT2D eigenvalue weighted by molar-refractivity contribution is -0.122. The molecule has 2 atom stereocenters. The fourth-order valence-electron chi connectivity index (χ4n) is 2.51. The predicted octanol–water partition coefficient (Wildman–Crippen LogP) is 0.512. The Kier molecular flexibility index (Phi) is 5.14. The minimum absolute atomic E-state index is 0.0319. The summed E-state index contributed by atoms with van der Waals surface area (Å²) in [4.78, 5) is 13.4. The normalized spacial score (nSPS) is 21.9. The van der Waals surface area contributed by atoms with Gasteiger partial charge in [0.05, 0.1) is 23.8 Å². The second-order valence-corrected chi connectivity index (χ2v) is 4.99. The summed E-state index contributed by atoms with van der Waals surface area (Å²) >= 11 is 0. The van der Waals surface area contributed by atoms with Crippen molar-refractivity contribution in [3.63, 3.8) is 0 Å². The zero-order valence-corrected chi connectivity index (χ0v) is 12.0. The van der Waals surface area contributed by atoms with Crippen molar-refractivity contribution in [1.29, 1.82) is 5.26 Å². The van der Waals surface area contributed by atoms with E-state index in [1.807, 2.05) is 4.90 Å². The van der Waals surface area contributed by atoms with Crippen LogP contribution in [0.15, 0.2) is 24.3 Å². The molecule has 1 aliphatic rings. The topological polar surface area (TPSA) is 88.6 Å². The van der Waals surface area contributed by atoms with Crippen LogP contribution in [0.5, 0.6) is 5.75 Å². The van der Waals surface area contributed by atoms with Gasteiger partial charge in [0.1, 0.15) is 12.4 Å². The van der Waals surface area contributed by atoms with Crippen LogP contribution in [0.2, 0.25) is 0 Å². The van der Waals surface area contributed by atoms with Crippen molar-refractivity contribution in [2.75, 3.05) is 26.8 Å². The quantitative estimate of drug-likeness (QED) is 0.824. The molecule has 1 aromatic rings. The number of nitrogens with zero attached hydrogens (tertiary/aromatic N) is 2. The summed E-state index contributed by atoms with van der Waals surface area (Å²) in [6, 6.07) is 8.75. The van der Waals surface area contributed by atoms with Gasteiger partial charge in [-0.05, 0) is 24.6 Å². The maximum Gasteiger partial charge on any atom is 0.234 e. The van der Waals surface area contributed by atoms with Gasteiger partial charge in [-0.15, -0.1) is 0 Å². The van der Waals surface area contributed by atoms with Crippen LogP contribution in [0.25, 0.3) is 0 Å². The van der Waals surface area contributed by atoms with E-state index in [9.17, 15) is 4.79 Å². The second-order valence-electron chi connectivity index (χ2n) is 4.99. The van der Waals surface area contributed by atoms with E-state index in [-0.39, 0.29) is 18.1 Å². The van der Waals surface area contributed by atoms with E-state index in [1.165, 1.54) is 0 Å². The molecule has 1 heterocycles. The molecular formula is C15H19N3O3. The Morgan fingerprint density at radius 1 is 1.57 bits per heavy atom. The van der Waals surface area contributed by atoms with Gasteiger partial charge in [0.2, 0.25) is 5.91 Å². The Morgan fingerprint density at radius 3 is 3.05 bits per heavy atom. The fraction of sp³-hybridized carbons (Fsp3) is 0.467. The highest BCUT2D eigenvalue weighted by molar-refractivity contribution is 5.80. The first kappa shape index (κ1) is 15.3. The van der Waals surface area contributed by atoms with Crippen molar-refractivity contribution in [3.8, 4) is 11.8 Å². The van der Waals surface area contributed by atoms with Gasteiger partial charge in [0, 0.05) is 20.2 Å². The molecule has 2 rings (SSSR count). The molecular weight excluding hydrogens is 270 g/mol. The number of ether oxygens (including phenoxy) is 2. The van der Waals surface area contributed by atoms with Crippen molar-refractivity contribution in [3.05, 3.63) is 29.8 Å². The highest BCUT2D eigenvalue weighted by Gasteiger charge is 2.35. The molecule has 6 heteroatoms. The number of amides is 1. The minimum Gasteiger partial charge on any atom is -0.492 e. The third kappa shape index (κ3) is 3.94. The maximum absolute atomic E-state index is 11.4. The van der Waals surface area contributed by atoms with Crippen LogP contribution in [0.1, 0.15) is 12.0 Å². The van der Waals surface area contributed by atoms with E-state index in [2.05, 4.69) is 6.07 Å². The third-order valence-electron chi connectivity index (χ3n) is 3.64. The summed E-state index contributed by atoms with van der Waals surface area (Å²) in [5.41, 5.74) is 5.97. The zero-order valence-electron chi connectivity index (χ0n) is 12.0. The summed E-state index contributed by atoms with van der Waals surface area (Å²) in [7, 11) is 1.64. The number of carbonyl (C=O) groups is 1. The minimum atomic E-state index is -0.332. The van der Waals surface area contributed by atoms with Crippen LogP contribution < -0.4 is 10.5 Å². The number of methoxy groups -OCH3 is 1. The lowest BCUT2D eigenvalue weighted by atomic mass is 10.2. The van der Waals surface area contributed by atoms with Crippen LogP contribution in [-0.2, 0) is 9.53 Å². The first-order valence-electron chi connectivity index (χ1n) is 6.83. The lowest BCUT2D eigenvalue weighted by Gasteiger charge is -2.21. The smallest absolute Gasteiger partial charge is 0.234 e. The fourth-order valence-corrected chi connectivity index (χ4v) is 2.51. The number of hydrogen-bond donors (Lipinski definition) is 1. The molecule has 0 aromatic heterocycles. The van der Waals surface area contributed by atoms with Gasteiger partial charge >= 0.3 is 0 Å². The van der Waals surface area contributed by atoms with Crippen molar-refractivity contribution < 1.29 is 14.3 Å². The predicted molar refractivity (Wildman–Crippen MR) is 76.6 cm³/mol. The Bertz CT molecular complexity index is 541. The molecule has 6 nitrogen and oxygen atoms in total. The number of nitrogens with two attached hydrogens (primary N) is 1. The van der Waals surface area contributed by atoms with Gasteiger partial charge in [0.15, 0.2) is 0 Å². The van der Waals surface area contributed by atoms with Gasteiger partial charge in [-0.25, -0.2) is 0 Å². The summed E-state index contributed by atoms with van der Waals surface area (Å²) in [6.07, 6.45) is 0.653. The number of primary amides is 1. The van der Waals surface area contributed by atoms with Crippen molar-refractivity contribution >= 4 is 5.91 Å². The van der Waals surface area contributed by atoms with Crippen LogP contribution in [0.3, 0.4) is 0 Å². The molecule has 0 aliphatic carbocycles. The highest BCUT2D eigenvalue weighted by atomic mass is 16.5. The SMILES string of the molecule is CO[C@H]1C[C@@H](C(N)=O)N(CCOc2cccc(C#N)c2)C1. The molecule has 1 saturated heterocycles.